The first kappa shape index (κ1) is 14.3. The summed E-state index contributed by atoms with van der Waals surface area (Å²) in [5.41, 5.74) is 0. The minimum absolute atomic E-state index is 0.0283. The van der Waals surface area contributed by atoms with Crippen LogP contribution >= 0.6 is 0 Å². The molecular weight excluding hydrogens is 246 g/mol. The van der Waals surface area contributed by atoms with Gasteiger partial charge in [0.05, 0.1) is 18.1 Å². The molecule has 0 aromatic heterocycles. The molecular formula is C14H23NO4. The fourth-order valence-electron chi connectivity index (χ4n) is 3.03. The normalized spacial score (nSPS) is 32.8. The first-order chi connectivity index (χ1) is 9.08. The lowest BCUT2D eigenvalue weighted by Crippen LogP contribution is -2.44. The summed E-state index contributed by atoms with van der Waals surface area (Å²) < 4.78 is 5.56. The maximum atomic E-state index is 12.1. The van der Waals surface area contributed by atoms with Crippen molar-refractivity contribution in [3.63, 3.8) is 0 Å². The van der Waals surface area contributed by atoms with Gasteiger partial charge in [0.25, 0.3) is 0 Å². The zero-order chi connectivity index (χ0) is 13.8. The third-order valence-corrected chi connectivity index (χ3v) is 4.34. The lowest BCUT2D eigenvalue weighted by molar-refractivity contribution is -0.144. The molecule has 0 radical (unpaired) electrons. The van der Waals surface area contributed by atoms with Gasteiger partial charge in [0.15, 0.2) is 0 Å². The van der Waals surface area contributed by atoms with Crippen molar-refractivity contribution in [3.8, 4) is 0 Å². The van der Waals surface area contributed by atoms with Crippen LogP contribution in [-0.2, 0) is 14.3 Å². The van der Waals surface area contributed by atoms with Crippen LogP contribution in [0, 0.1) is 11.8 Å². The Morgan fingerprint density at radius 3 is 2.32 bits per heavy atom. The predicted molar refractivity (Wildman–Crippen MR) is 69.7 cm³/mol. The van der Waals surface area contributed by atoms with Gasteiger partial charge in [0.1, 0.15) is 0 Å². The average Bonchev–Trinajstić information content (AvgIpc) is 2.92. The smallest absolute Gasteiger partial charge is 0.306 e. The molecule has 2 fully saturated rings. The van der Waals surface area contributed by atoms with E-state index in [0.29, 0.717) is 25.7 Å². The molecule has 1 heterocycles. The first-order valence-electron chi connectivity index (χ1n) is 7.22. The molecule has 1 aliphatic heterocycles. The van der Waals surface area contributed by atoms with Crippen LogP contribution in [0.15, 0.2) is 0 Å². The van der Waals surface area contributed by atoms with Crippen LogP contribution in [0.4, 0.5) is 0 Å². The molecule has 108 valence electrons. The van der Waals surface area contributed by atoms with Crippen molar-refractivity contribution < 1.29 is 19.4 Å². The van der Waals surface area contributed by atoms with Gasteiger partial charge in [-0.15, -0.1) is 0 Å². The van der Waals surface area contributed by atoms with E-state index in [1.54, 1.807) is 0 Å². The van der Waals surface area contributed by atoms with Gasteiger partial charge in [-0.05, 0) is 45.4 Å². The van der Waals surface area contributed by atoms with E-state index in [-0.39, 0.29) is 29.9 Å². The van der Waals surface area contributed by atoms with Crippen molar-refractivity contribution in [2.75, 3.05) is 6.61 Å². The molecule has 1 amide bonds. The highest BCUT2D eigenvalue weighted by Crippen LogP contribution is 2.29. The third-order valence-electron chi connectivity index (χ3n) is 4.34. The highest BCUT2D eigenvalue weighted by molar-refractivity contribution is 5.79. The molecule has 2 atom stereocenters. The van der Waals surface area contributed by atoms with E-state index in [1.807, 2.05) is 6.92 Å². The maximum Gasteiger partial charge on any atom is 0.306 e. The minimum atomic E-state index is -0.730. The topological polar surface area (TPSA) is 75.6 Å². The summed E-state index contributed by atoms with van der Waals surface area (Å²) in [6, 6.07) is 0.0483. The van der Waals surface area contributed by atoms with E-state index < -0.39 is 5.97 Å². The van der Waals surface area contributed by atoms with Crippen LogP contribution in [0.5, 0.6) is 0 Å². The zero-order valence-electron chi connectivity index (χ0n) is 11.4. The molecule has 2 unspecified atom stereocenters. The van der Waals surface area contributed by atoms with Crippen LogP contribution in [0.2, 0.25) is 0 Å². The number of rotatable bonds is 4. The van der Waals surface area contributed by atoms with E-state index in [0.717, 1.165) is 19.4 Å². The van der Waals surface area contributed by atoms with E-state index in [2.05, 4.69) is 5.32 Å². The van der Waals surface area contributed by atoms with Crippen LogP contribution in [0.25, 0.3) is 0 Å². The average molecular weight is 269 g/mol. The number of carboxylic acids is 1. The summed E-state index contributed by atoms with van der Waals surface area (Å²) in [4.78, 5) is 23.0. The molecule has 5 nitrogen and oxygen atoms in total. The number of amides is 1. The first-order valence-corrected chi connectivity index (χ1v) is 7.22. The second-order valence-corrected chi connectivity index (χ2v) is 5.74. The van der Waals surface area contributed by atoms with Gasteiger partial charge < -0.3 is 15.2 Å². The summed E-state index contributed by atoms with van der Waals surface area (Å²) in [6.45, 7) is 2.77. The molecule has 2 N–H and O–H groups in total. The van der Waals surface area contributed by atoms with Crippen LogP contribution < -0.4 is 5.32 Å². The van der Waals surface area contributed by atoms with Gasteiger partial charge in [-0.25, -0.2) is 0 Å². The van der Waals surface area contributed by atoms with Gasteiger partial charge in [0, 0.05) is 12.5 Å². The molecule has 19 heavy (non-hydrogen) atoms. The maximum absolute atomic E-state index is 12.1. The van der Waals surface area contributed by atoms with Crippen LogP contribution in [-0.4, -0.2) is 35.7 Å². The van der Waals surface area contributed by atoms with Crippen molar-refractivity contribution in [3.05, 3.63) is 0 Å². The lowest BCUT2D eigenvalue weighted by Gasteiger charge is -2.28. The van der Waals surface area contributed by atoms with Crippen molar-refractivity contribution in [2.24, 2.45) is 11.8 Å². The number of carboxylic acid groups (broad SMARTS) is 1. The standard InChI is InChI=1S/C14H23NO4/c1-9(12-3-2-8-19-12)15-13(16)10-4-6-11(7-5-10)14(17)18/h9-12H,2-8H2,1H3,(H,15,16)(H,17,18). The molecule has 0 spiro atoms. The molecule has 1 saturated carbocycles. The molecule has 2 rings (SSSR count). The molecule has 1 saturated heterocycles. The highest BCUT2D eigenvalue weighted by atomic mass is 16.5. The van der Waals surface area contributed by atoms with Gasteiger partial charge in [-0.1, -0.05) is 0 Å². The summed E-state index contributed by atoms with van der Waals surface area (Å²) in [7, 11) is 0. The van der Waals surface area contributed by atoms with Gasteiger partial charge in [0.2, 0.25) is 5.91 Å². The fraction of sp³-hybridized carbons (Fsp3) is 0.857. The third kappa shape index (κ3) is 3.69. The zero-order valence-corrected chi connectivity index (χ0v) is 11.4. The van der Waals surface area contributed by atoms with E-state index >= 15 is 0 Å². The van der Waals surface area contributed by atoms with Crippen LogP contribution in [0.3, 0.4) is 0 Å². The summed E-state index contributed by atoms with van der Waals surface area (Å²) >= 11 is 0. The van der Waals surface area contributed by atoms with Gasteiger partial charge in [-0.3, -0.25) is 9.59 Å². The predicted octanol–water partition coefficient (Wildman–Crippen LogP) is 1.56. The summed E-state index contributed by atoms with van der Waals surface area (Å²) in [5, 5.41) is 12.0. The van der Waals surface area contributed by atoms with Crippen molar-refractivity contribution >= 4 is 11.9 Å². The quantitative estimate of drug-likeness (QED) is 0.812. The molecule has 0 bridgehead atoms. The second-order valence-electron chi connectivity index (χ2n) is 5.74. The SMILES string of the molecule is CC(NC(=O)C1CCC(C(=O)O)CC1)C1CCCO1. The summed E-state index contributed by atoms with van der Waals surface area (Å²) in [5.74, 6) is -0.961. The number of ether oxygens (including phenoxy) is 1. The second kappa shape index (κ2) is 6.37. The Morgan fingerprint density at radius 2 is 1.79 bits per heavy atom. The minimum Gasteiger partial charge on any atom is -0.481 e. The number of hydrogen-bond acceptors (Lipinski definition) is 3. The fourth-order valence-corrected chi connectivity index (χ4v) is 3.03. The van der Waals surface area contributed by atoms with E-state index in [1.165, 1.54) is 0 Å². The Kier molecular flexibility index (Phi) is 4.80. The molecule has 0 aromatic carbocycles. The molecule has 5 heteroatoms. The number of aliphatic carboxylic acids is 1. The molecule has 0 aromatic rings. The van der Waals surface area contributed by atoms with E-state index in [4.69, 9.17) is 9.84 Å². The number of carbonyl (C=O) groups excluding carboxylic acids is 1. The number of nitrogens with one attached hydrogen (secondary N) is 1. The van der Waals surface area contributed by atoms with E-state index in [9.17, 15) is 9.59 Å². The number of hydrogen-bond donors (Lipinski definition) is 2. The summed E-state index contributed by atoms with van der Waals surface area (Å²) in [6.07, 6.45) is 4.80. The molecule has 2 aliphatic rings. The van der Waals surface area contributed by atoms with Gasteiger partial charge >= 0.3 is 5.97 Å². The van der Waals surface area contributed by atoms with Crippen molar-refractivity contribution in [2.45, 2.75) is 57.6 Å². The number of carbonyl (C=O) groups is 2. The van der Waals surface area contributed by atoms with Crippen molar-refractivity contribution in [1.82, 2.24) is 5.32 Å². The largest absolute Gasteiger partial charge is 0.481 e. The van der Waals surface area contributed by atoms with Gasteiger partial charge in [-0.2, -0.15) is 0 Å². The van der Waals surface area contributed by atoms with Crippen LogP contribution in [0.1, 0.15) is 45.4 Å². The monoisotopic (exact) mass is 269 g/mol. The Hall–Kier alpha value is -1.10. The lowest BCUT2D eigenvalue weighted by atomic mass is 9.81. The Morgan fingerprint density at radius 1 is 1.16 bits per heavy atom. The Balaban J connectivity index is 1.76. The Bertz CT molecular complexity index is 330. The highest BCUT2D eigenvalue weighted by Gasteiger charge is 2.31. The molecule has 1 aliphatic carbocycles. The van der Waals surface area contributed by atoms with Crippen molar-refractivity contribution in [1.29, 1.82) is 0 Å². The Labute approximate surface area is 113 Å².